The third-order valence-electron chi connectivity index (χ3n) is 1.81. The molecule has 0 amide bonds. The molecule has 11 heavy (non-hydrogen) atoms. The Morgan fingerprint density at radius 2 is 1.64 bits per heavy atom. The minimum Gasteiger partial charge on any atom is -0.330 e. The second-order valence-electron chi connectivity index (χ2n) is 3.13. The molecule has 1 atom stereocenters. The molecule has 68 valence electrons. The first kappa shape index (κ1) is 10.9. The Bertz CT molecular complexity index is 74.0. The molecular weight excluding hydrogens is 141 g/mol. The van der Waals surface area contributed by atoms with Crippen LogP contribution in [0, 0.1) is 0 Å². The molecule has 0 aliphatic rings. The van der Waals surface area contributed by atoms with Gasteiger partial charge in [-0.3, -0.25) is 0 Å². The summed E-state index contributed by atoms with van der Waals surface area (Å²) in [5.41, 5.74) is 5.33. The summed E-state index contributed by atoms with van der Waals surface area (Å²) in [4.78, 5) is 0. The summed E-state index contributed by atoms with van der Waals surface area (Å²) in [6, 6.07) is 0. The molecule has 0 aliphatic carbocycles. The van der Waals surface area contributed by atoms with Crippen molar-refractivity contribution in [2.75, 3.05) is 6.54 Å². The van der Waals surface area contributed by atoms with Gasteiger partial charge in [-0.05, 0) is 26.3 Å². The first-order valence-corrected chi connectivity index (χ1v) is 4.61. The van der Waals surface area contributed by atoms with E-state index in [1.54, 1.807) is 6.92 Å². The van der Waals surface area contributed by atoms with Gasteiger partial charge in [0.15, 0.2) is 0 Å². The number of hydrogen-bond acceptors (Lipinski definition) is 1. The van der Waals surface area contributed by atoms with Gasteiger partial charge in [0.05, 0.1) is 6.17 Å². The molecule has 0 fully saturated rings. The third kappa shape index (κ3) is 9.89. The molecule has 0 aliphatic heterocycles. The molecule has 0 aromatic heterocycles. The number of unbranched alkanes of at least 4 members (excludes halogenated alkanes) is 4. The summed E-state index contributed by atoms with van der Waals surface area (Å²) in [6.45, 7) is 2.42. The van der Waals surface area contributed by atoms with Crippen molar-refractivity contribution in [1.82, 2.24) is 0 Å². The third-order valence-corrected chi connectivity index (χ3v) is 1.81. The van der Waals surface area contributed by atoms with Crippen molar-refractivity contribution in [2.24, 2.45) is 5.73 Å². The van der Waals surface area contributed by atoms with Gasteiger partial charge in [0.25, 0.3) is 0 Å². The van der Waals surface area contributed by atoms with Gasteiger partial charge >= 0.3 is 0 Å². The van der Waals surface area contributed by atoms with Crippen LogP contribution in [0.5, 0.6) is 0 Å². The second-order valence-corrected chi connectivity index (χ2v) is 3.13. The highest BCUT2D eigenvalue weighted by atomic mass is 19.1. The molecule has 0 bridgehead atoms. The summed E-state index contributed by atoms with van der Waals surface area (Å²) >= 11 is 0. The fourth-order valence-electron chi connectivity index (χ4n) is 1.10. The number of hydrogen-bond donors (Lipinski definition) is 1. The number of halogens is 1. The van der Waals surface area contributed by atoms with Gasteiger partial charge in [-0.2, -0.15) is 0 Å². The summed E-state index contributed by atoms with van der Waals surface area (Å²) in [7, 11) is 0. The minimum atomic E-state index is -0.621. The van der Waals surface area contributed by atoms with Crippen molar-refractivity contribution in [3.8, 4) is 0 Å². The highest BCUT2D eigenvalue weighted by Crippen LogP contribution is 2.08. The lowest BCUT2D eigenvalue weighted by Crippen LogP contribution is -1.97. The number of rotatable bonds is 7. The molecule has 0 radical (unpaired) electrons. The summed E-state index contributed by atoms with van der Waals surface area (Å²) in [6.07, 6.45) is 5.83. The molecule has 0 saturated heterocycles. The monoisotopic (exact) mass is 161 g/mol. The van der Waals surface area contributed by atoms with Crippen LogP contribution in [-0.4, -0.2) is 12.7 Å². The normalized spacial score (nSPS) is 13.4. The Labute approximate surface area is 69.2 Å². The van der Waals surface area contributed by atoms with Crippen LogP contribution in [0.4, 0.5) is 4.39 Å². The van der Waals surface area contributed by atoms with Crippen LogP contribution in [-0.2, 0) is 0 Å². The van der Waals surface area contributed by atoms with Crippen LogP contribution in [0.3, 0.4) is 0 Å². The SMILES string of the molecule is CC(F)CCCCCCCN. The summed E-state index contributed by atoms with van der Waals surface area (Å²) in [5.74, 6) is 0. The van der Waals surface area contributed by atoms with Crippen molar-refractivity contribution in [3.05, 3.63) is 0 Å². The fraction of sp³-hybridized carbons (Fsp3) is 1.00. The van der Waals surface area contributed by atoms with Crippen LogP contribution >= 0.6 is 0 Å². The lowest BCUT2D eigenvalue weighted by molar-refractivity contribution is 0.329. The smallest absolute Gasteiger partial charge is 0.0973 e. The van der Waals surface area contributed by atoms with Gasteiger partial charge in [0, 0.05) is 0 Å². The minimum absolute atomic E-state index is 0.621. The Kier molecular flexibility index (Phi) is 7.91. The highest BCUT2D eigenvalue weighted by molar-refractivity contribution is 4.49. The zero-order valence-corrected chi connectivity index (χ0v) is 7.48. The van der Waals surface area contributed by atoms with E-state index in [2.05, 4.69) is 0 Å². The molecule has 0 aromatic carbocycles. The molecule has 0 rings (SSSR count). The first-order chi connectivity index (χ1) is 5.27. The van der Waals surface area contributed by atoms with E-state index in [-0.39, 0.29) is 0 Å². The van der Waals surface area contributed by atoms with Crippen molar-refractivity contribution < 1.29 is 4.39 Å². The van der Waals surface area contributed by atoms with Gasteiger partial charge in [-0.15, -0.1) is 0 Å². The molecule has 1 unspecified atom stereocenters. The molecule has 0 heterocycles. The molecule has 2 heteroatoms. The van der Waals surface area contributed by atoms with Crippen LogP contribution in [0.15, 0.2) is 0 Å². The molecule has 0 aromatic rings. The van der Waals surface area contributed by atoms with E-state index >= 15 is 0 Å². The van der Waals surface area contributed by atoms with E-state index in [1.807, 2.05) is 0 Å². The standard InChI is InChI=1S/C9H20FN/c1-9(10)7-5-3-2-4-6-8-11/h9H,2-8,11H2,1H3. The highest BCUT2D eigenvalue weighted by Gasteiger charge is 1.96. The van der Waals surface area contributed by atoms with Gasteiger partial charge in [0.1, 0.15) is 0 Å². The lowest BCUT2D eigenvalue weighted by atomic mass is 10.1. The van der Waals surface area contributed by atoms with E-state index in [1.165, 1.54) is 12.8 Å². The van der Waals surface area contributed by atoms with Gasteiger partial charge in [-0.1, -0.05) is 25.7 Å². The van der Waals surface area contributed by atoms with E-state index in [9.17, 15) is 4.39 Å². The topological polar surface area (TPSA) is 26.0 Å². The second kappa shape index (κ2) is 7.99. The molecule has 0 spiro atoms. The first-order valence-electron chi connectivity index (χ1n) is 4.61. The van der Waals surface area contributed by atoms with E-state index in [0.29, 0.717) is 0 Å². The van der Waals surface area contributed by atoms with Crippen molar-refractivity contribution in [1.29, 1.82) is 0 Å². The predicted molar refractivity (Wildman–Crippen MR) is 47.3 cm³/mol. The average molecular weight is 161 g/mol. The quantitative estimate of drug-likeness (QED) is 0.571. The number of nitrogens with two attached hydrogens (primary N) is 1. The Balaban J connectivity index is 2.80. The number of alkyl halides is 1. The summed E-state index contributed by atoms with van der Waals surface area (Å²) in [5, 5.41) is 0. The maximum absolute atomic E-state index is 12.3. The maximum atomic E-state index is 12.3. The van der Waals surface area contributed by atoms with E-state index < -0.39 is 6.17 Å². The van der Waals surface area contributed by atoms with Crippen molar-refractivity contribution in [3.63, 3.8) is 0 Å². The van der Waals surface area contributed by atoms with Gasteiger partial charge < -0.3 is 5.73 Å². The van der Waals surface area contributed by atoms with Gasteiger partial charge in [-0.25, -0.2) is 4.39 Å². The lowest BCUT2D eigenvalue weighted by Gasteiger charge is -2.01. The van der Waals surface area contributed by atoms with Crippen LogP contribution < -0.4 is 5.73 Å². The fourth-order valence-corrected chi connectivity index (χ4v) is 1.10. The molecular formula is C9H20FN. The van der Waals surface area contributed by atoms with Crippen molar-refractivity contribution >= 4 is 0 Å². The maximum Gasteiger partial charge on any atom is 0.0973 e. The average Bonchev–Trinajstić information content (AvgIpc) is 1.96. The van der Waals surface area contributed by atoms with Crippen LogP contribution in [0.25, 0.3) is 0 Å². The Morgan fingerprint density at radius 1 is 1.09 bits per heavy atom. The predicted octanol–water partition coefficient (Wildman–Crippen LogP) is 2.64. The van der Waals surface area contributed by atoms with E-state index in [4.69, 9.17) is 5.73 Å². The van der Waals surface area contributed by atoms with Crippen LogP contribution in [0.2, 0.25) is 0 Å². The zero-order chi connectivity index (χ0) is 8.53. The summed E-state index contributed by atoms with van der Waals surface area (Å²) < 4.78 is 12.3. The zero-order valence-electron chi connectivity index (χ0n) is 7.48. The Morgan fingerprint density at radius 3 is 2.18 bits per heavy atom. The van der Waals surface area contributed by atoms with Crippen LogP contribution in [0.1, 0.15) is 45.4 Å². The Hall–Kier alpha value is -0.110. The molecule has 2 N–H and O–H groups in total. The van der Waals surface area contributed by atoms with E-state index in [0.717, 1.165) is 32.2 Å². The van der Waals surface area contributed by atoms with Crippen molar-refractivity contribution in [2.45, 2.75) is 51.6 Å². The van der Waals surface area contributed by atoms with Gasteiger partial charge in [0.2, 0.25) is 0 Å². The molecule has 1 nitrogen and oxygen atoms in total. The largest absolute Gasteiger partial charge is 0.330 e. The molecule has 0 saturated carbocycles.